The van der Waals surface area contributed by atoms with Crippen LogP contribution in [0.15, 0.2) is 30.5 Å². The Hall–Kier alpha value is -1.55. The maximum atomic E-state index is 5.90. The normalized spacial score (nSPS) is 21.4. The van der Waals surface area contributed by atoms with Crippen molar-refractivity contribution in [3.63, 3.8) is 0 Å². The molecule has 2 aromatic rings. The fourth-order valence-corrected chi connectivity index (χ4v) is 2.17. The third-order valence-electron chi connectivity index (χ3n) is 2.95. The minimum absolute atomic E-state index is 0.305. The van der Waals surface area contributed by atoms with Crippen LogP contribution in [-0.4, -0.2) is 28.7 Å². The minimum Gasteiger partial charge on any atom is -0.355 e. The smallest absolute Gasteiger partial charge is 0.130 e. The largest absolute Gasteiger partial charge is 0.355 e. The first-order chi connectivity index (χ1) is 7.34. The highest BCUT2D eigenvalue weighted by molar-refractivity contribution is 5.57. The first kappa shape index (κ1) is 8.73. The van der Waals surface area contributed by atoms with E-state index in [1.165, 1.54) is 0 Å². The summed E-state index contributed by atoms with van der Waals surface area (Å²) in [7, 11) is 0. The third kappa shape index (κ3) is 1.37. The molecule has 0 spiro atoms. The van der Waals surface area contributed by atoms with Gasteiger partial charge in [0.2, 0.25) is 0 Å². The summed E-state index contributed by atoms with van der Waals surface area (Å²) in [6, 6.07) is 8.52. The summed E-state index contributed by atoms with van der Waals surface area (Å²) >= 11 is 0. The minimum atomic E-state index is 0.305. The van der Waals surface area contributed by atoms with Gasteiger partial charge in [-0.2, -0.15) is 5.10 Å². The molecule has 2 aromatic heterocycles. The lowest BCUT2D eigenvalue weighted by atomic mass is 10.3. The molecule has 4 heteroatoms. The van der Waals surface area contributed by atoms with E-state index in [-0.39, 0.29) is 0 Å². The monoisotopic (exact) mass is 202 g/mol. The molecular weight excluding hydrogens is 188 g/mol. The molecule has 0 aliphatic carbocycles. The van der Waals surface area contributed by atoms with Crippen LogP contribution in [-0.2, 0) is 0 Å². The molecule has 2 N–H and O–H groups in total. The van der Waals surface area contributed by atoms with Gasteiger partial charge in [0.05, 0.1) is 5.52 Å². The summed E-state index contributed by atoms with van der Waals surface area (Å²) in [6.07, 6.45) is 2.88. The zero-order valence-electron chi connectivity index (χ0n) is 8.50. The fourth-order valence-electron chi connectivity index (χ4n) is 2.17. The van der Waals surface area contributed by atoms with Gasteiger partial charge < -0.3 is 10.6 Å². The second kappa shape index (κ2) is 3.24. The van der Waals surface area contributed by atoms with Gasteiger partial charge in [-0.1, -0.05) is 0 Å². The van der Waals surface area contributed by atoms with Crippen LogP contribution in [0.1, 0.15) is 6.42 Å². The highest BCUT2D eigenvalue weighted by Gasteiger charge is 2.21. The zero-order chi connectivity index (χ0) is 10.3. The molecular formula is C11H14N4. The molecule has 1 atom stereocenters. The molecule has 15 heavy (non-hydrogen) atoms. The summed E-state index contributed by atoms with van der Waals surface area (Å²) in [5.41, 5.74) is 7.04. The van der Waals surface area contributed by atoms with Gasteiger partial charge in [0.15, 0.2) is 0 Å². The predicted octanol–water partition coefficient (Wildman–Crippen LogP) is 0.872. The van der Waals surface area contributed by atoms with Crippen LogP contribution >= 0.6 is 0 Å². The highest BCUT2D eigenvalue weighted by atomic mass is 15.3. The summed E-state index contributed by atoms with van der Waals surface area (Å²) < 4.78 is 1.97. The zero-order valence-corrected chi connectivity index (χ0v) is 8.50. The molecule has 3 rings (SSSR count). The van der Waals surface area contributed by atoms with Crippen LogP contribution in [0.25, 0.3) is 5.52 Å². The van der Waals surface area contributed by atoms with Crippen molar-refractivity contribution in [2.45, 2.75) is 12.5 Å². The van der Waals surface area contributed by atoms with Gasteiger partial charge in [0.1, 0.15) is 5.82 Å². The van der Waals surface area contributed by atoms with Gasteiger partial charge in [-0.3, -0.25) is 0 Å². The molecule has 1 saturated heterocycles. The van der Waals surface area contributed by atoms with E-state index in [2.05, 4.69) is 28.2 Å². The number of hydrogen-bond donors (Lipinski definition) is 1. The molecule has 1 aliphatic heterocycles. The van der Waals surface area contributed by atoms with Crippen LogP contribution < -0.4 is 10.6 Å². The number of nitrogens with zero attached hydrogens (tertiary/aromatic N) is 3. The van der Waals surface area contributed by atoms with Crippen molar-refractivity contribution in [3.8, 4) is 0 Å². The Morgan fingerprint density at radius 3 is 3.07 bits per heavy atom. The number of anilines is 1. The Morgan fingerprint density at radius 2 is 2.27 bits per heavy atom. The molecule has 78 valence electrons. The molecule has 0 bridgehead atoms. The van der Waals surface area contributed by atoms with E-state index >= 15 is 0 Å². The van der Waals surface area contributed by atoms with Gasteiger partial charge in [-0.05, 0) is 30.7 Å². The van der Waals surface area contributed by atoms with Crippen molar-refractivity contribution in [2.75, 3.05) is 18.0 Å². The van der Waals surface area contributed by atoms with Crippen LogP contribution in [0, 0.1) is 0 Å². The standard InChI is InChI=1S/C11H14N4/c12-9-5-7-14(8-9)11-4-3-10-2-1-6-13-15(10)11/h1-4,6,9H,5,7-8,12H2. The molecule has 3 heterocycles. The second-order valence-corrected chi connectivity index (χ2v) is 4.05. The van der Waals surface area contributed by atoms with Gasteiger partial charge in [-0.15, -0.1) is 0 Å². The average Bonchev–Trinajstić information content (AvgIpc) is 2.83. The van der Waals surface area contributed by atoms with Crippen molar-refractivity contribution >= 4 is 11.3 Å². The summed E-state index contributed by atoms with van der Waals surface area (Å²) in [5, 5.41) is 4.34. The van der Waals surface area contributed by atoms with Crippen LogP contribution in [0.2, 0.25) is 0 Å². The number of aromatic nitrogens is 2. The van der Waals surface area contributed by atoms with E-state index in [0.717, 1.165) is 30.8 Å². The lowest BCUT2D eigenvalue weighted by Crippen LogP contribution is -2.27. The van der Waals surface area contributed by atoms with E-state index < -0.39 is 0 Å². The lowest BCUT2D eigenvalue weighted by Gasteiger charge is -2.16. The van der Waals surface area contributed by atoms with Crippen molar-refractivity contribution in [2.24, 2.45) is 5.73 Å². The summed E-state index contributed by atoms with van der Waals surface area (Å²) in [5.74, 6) is 1.15. The highest BCUT2D eigenvalue weighted by Crippen LogP contribution is 2.21. The van der Waals surface area contributed by atoms with Gasteiger partial charge in [-0.25, -0.2) is 4.52 Å². The van der Waals surface area contributed by atoms with E-state index in [4.69, 9.17) is 5.73 Å². The molecule has 1 unspecified atom stereocenters. The molecule has 0 amide bonds. The van der Waals surface area contributed by atoms with E-state index in [9.17, 15) is 0 Å². The average molecular weight is 202 g/mol. The molecule has 0 saturated carbocycles. The Bertz CT molecular complexity index is 476. The summed E-state index contributed by atoms with van der Waals surface area (Å²) in [6.45, 7) is 1.96. The Balaban J connectivity index is 2.04. The van der Waals surface area contributed by atoms with Crippen molar-refractivity contribution in [1.82, 2.24) is 9.61 Å². The van der Waals surface area contributed by atoms with Gasteiger partial charge in [0.25, 0.3) is 0 Å². The van der Waals surface area contributed by atoms with E-state index in [1.807, 2.05) is 16.8 Å². The van der Waals surface area contributed by atoms with E-state index in [0.29, 0.717) is 6.04 Å². The van der Waals surface area contributed by atoms with Gasteiger partial charge >= 0.3 is 0 Å². The van der Waals surface area contributed by atoms with Gasteiger partial charge in [0, 0.05) is 25.3 Å². The quantitative estimate of drug-likeness (QED) is 0.746. The number of rotatable bonds is 1. The number of fused-ring (bicyclic) bond motifs is 1. The third-order valence-corrected chi connectivity index (χ3v) is 2.95. The van der Waals surface area contributed by atoms with Crippen LogP contribution in [0.3, 0.4) is 0 Å². The van der Waals surface area contributed by atoms with Crippen molar-refractivity contribution in [1.29, 1.82) is 0 Å². The molecule has 1 aliphatic rings. The van der Waals surface area contributed by atoms with E-state index in [1.54, 1.807) is 0 Å². The maximum Gasteiger partial charge on any atom is 0.130 e. The number of hydrogen-bond acceptors (Lipinski definition) is 3. The molecule has 0 aromatic carbocycles. The fraction of sp³-hybridized carbons (Fsp3) is 0.364. The topological polar surface area (TPSA) is 46.6 Å². The van der Waals surface area contributed by atoms with Crippen molar-refractivity contribution < 1.29 is 0 Å². The first-order valence-electron chi connectivity index (χ1n) is 5.28. The molecule has 1 fully saturated rings. The lowest BCUT2D eigenvalue weighted by molar-refractivity contribution is 0.750. The molecule has 4 nitrogen and oxygen atoms in total. The Labute approximate surface area is 88.3 Å². The Kier molecular flexibility index (Phi) is 1.89. The summed E-state index contributed by atoms with van der Waals surface area (Å²) in [4.78, 5) is 2.30. The SMILES string of the molecule is NC1CCN(c2ccc3cccnn23)C1. The van der Waals surface area contributed by atoms with Crippen LogP contribution in [0.4, 0.5) is 5.82 Å². The first-order valence-corrected chi connectivity index (χ1v) is 5.28. The number of nitrogens with two attached hydrogens (primary N) is 1. The maximum absolute atomic E-state index is 5.90. The Morgan fingerprint density at radius 1 is 1.33 bits per heavy atom. The predicted molar refractivity (Wildman–Crippen MR) is 60.0 cm³/mol. The van der Waals surface area contributed by atoms with Crippen molar-refractivity contribution in [3.05, 3.63) is 30.5 Å². The second-order valence-electron chi connectivity index (χ2n) is 4.05. The molecule has 0 radical (unpaired) electrons. The van der Waals surface area contributed by atoms with Crippen LogP contribution in [0.5, 0.6) is 0 Å².